The SMILES string of the molecule is CN1CCN(Cc2cccc(NC(=O)c3cc(N(C(=O)c4ccncc4)C4CNCCO4)ccc3Cl)c2)CC1. The van der Waals surface area contributed by atoms with Crippen molar-refractivity contribution in [2.75, 3.05) is 63.1 Å². The first-order valence-corrected chi connectivity index (χ1v) is 13.5. The third-order valence-corrected chi connectivity index (χ3v) is 7.33. The first-order chi connectivity index (χ1) is 19.0. The molecule has 1 aromatic heterocycles. The summed E-state index contributed by atoms with van der Waals surface area (Å²) in [5.41, 5.74) is 3.09. The van der Waals surface area contributed by atoms with Crippen LogP contribution in [-0.4, -0.2) is 85.7 Å². The Morgan fingerprint density at radius 3 is 2.64 bits per heavy atom. The Balaban J connectivity index is 1.36. The third-order valence-electron chi connectivity index (χ3n) is 7.00. The molecular weight excluding hydrogens is 516 g/mol. The minimum absolute atomic E-state index is 0.253. The van der Waals surface area contributed by atoms with Crippen LogP contribution in [0.3, 0.4) is 0 Å². The van der Waals surface area contributed by atoms with E-state index in [1.807, 2.05) is 18.2 Å². The van der Waals surface area contributed by atoms with Crippen LogP contribution in [0.5, 0.6) is 0 Å². The molecule has 9 nitrogen and oxygen atoms in total. The Morgan fingerprint density at radius 2 is 1.90 bits per heavy atom. The smallest absolute Gasteiger partial charge is 0.260 e. The van der Waals surface area contributed by atoms with Gasteiger partial charge >= 0.3 is 0 Å². The zero-order valence-corrected chi connectivity index (χ0v) is 22.7. The van der Waals surface area contributed by atoms with Crippen LogP contribution in [0.1, 0.15) is 26.3 Å². The Labute approximate surface area is 233 Å². The highest BCUT2D eigenvalue weighted by Crippen LogP contribution is 2.28. The molecule has 0 aliphatic carbocycles. The number of hydrogen-bond donors (Lipinski definition) is 2. The largest absolute Gasteiger partial charge is 0.355 e. The molecule has 0 saturated carbocycles. The first-order valence-electron chi connectivity index (χ1n) is 13.1. The average Bonchev–Trinajstić information content (AvgIpc) is 2.96. The molecule has 3 aromatic rings. The lowest BCUT2D eigenvalue weighted by Crippen LogP contribution is -2.52. The van der Waals surface area contributed by atoms with Gasteiger partial charge in [0.25, 0.3) is 11.8 Å². The van der Waals surface area contributed by atoms with Gasteiger partial charge in [0.1, 0.15) is 6.23 Å². The normalized spacial score (nSPS) is 18.5. The lowest BCUT2D eigenvalue weighted by Gasteiger charge is -2.34. The van der Waals surface area contributed by atoms with Crippen LogP contribution in [0.2, 0.25) is 5.02 Å². The van der Waals surface area contributed by atoms with Crippen LogP contribution in [0, 0.1) is 0 Å². The highest BCUT2D eigenvalue weighted by molar-refractivity contribution is 6.34. The second kappa shape index (κ2) is 12.7. The van der Waals surface area contributed by atoms with Crippen molar-refractivity contribution in [3.05, 3.63) is 88.7 Å². The number of pyridine rings is 1. The van der Waals surface area contributed by atoms with Crippen LogP contribution in [0.25, 0.3) is 0 Å². The predicted molar refractivity (Wildman–Crippen MR) is 152 cm³/mol. The van der Waals surface area contributed by atoms with E-state index in [1.165, 1.54) is 0 Å². The Morgan fingerprint density at radius 1 is 1.10 bits per heavy atom. The van der Waals surface area contributed by atoms with E-state index in [9.17, 15) is 9.59 Å². The summed E-state index contributed by atoms with van der Waals surface area (Å²) in [6.07, 6.45) is 2.61. The van der Waals surface area contributed by atoms with Gasteiger partial charge in [-0.05, 0) is 55.1 Å². The standard InChI is InChI=1S/C29H33ClN6O3/c1-34-12-14-35(15-13-34)20-21-3-2-4-23(17-21)33-28(37)25-18-24(5-6-26(25)30)36(27-19-32-11-16-39-27)29(38)22-7-9-31-10-8-22/h2-10,17-18,27,32H,11-16,19-20H2,1H3,(H,33,37). The Bertz CT molecular complexity index is 1290. The molecule has 204 valence electrons. The summed E-state index contributed by atoms with van der Waals surface area (Å²) in [7, 11) is 2.14. The van der Waals surface area contributed by atoms with Crippen molar-refractivity contribution in [3.63, 3.8) is 0 Å². The summed E-state index contributed by atoms with van der Waals surface area (Å²) >= 11 is 6.49. The third kappa shape index (κ3) is 6.81. The number of carbonyl (C=O) groups excluding carboxylic acids is 2. The zero-order chi connectivity index (χ0) is 27.2. The number of amides is 2. The molecule has 5 rings (SSSR count). The molecule has 10 heteroatoms. The van der Waals surface area contributed by atoms with Crippen molar-refractivity contribution in [1.29, 1.82) is 0 Å². The number of piperazine rings is 1. The molecule has 3 heterocycles. The van der Waals surface area contributed by atoms with Gasteiger partial charge in [-0.15, -0.1) is 0 Å². The number of likely N-dealkylation sites (N-methyl/N-ethyl adjacent to an activating group) is 1. The molecule has 2 N–H and O–H groups in total. The molecule has 0 radical (unpaired) electrons. The second-order valence-electron chi connectivity index (χ2n) is 9.84. The second-order valence-corrected chi connectivity index (χ2v) is 10.2. The fourth-order valence-electron chi connectivity index (χ4n) is 4.81. The van der Waals surface area contributed by atoms with Gasteiger partial charge in [0.15, 0.2) is 0 Å². The maximum atomic E-state index is 13.6. The maximum absolute atomic E-state index is 13.6. The van der Waals surface area contributed by atoms with E-state index < -0.39 is 6.23 Å². The Kier molecular flexibility index (Phi) is 8.85. The Hall–Kier alpha value is -3.34. The average molecular weight is 549 g/mol. The van der Waals surface area contributed by atoms with Gasteiger partial charge < -0.3 is 20.3 Å². The van der Waals surface area contributed by atoms with Crippen LogP contribution < -0.4 is 15.5 Å². The summed E-state index contributed by atoms with van der Waals surface area (Å²) in [5.74, 6) is -0.603. The number of benzene rings is 2. The van der Waals surface area contributed by atoms with E-state index in [2.05, 4.69) is 38.5 Å². The predicted octanol–water partition coefficient (Wildman–Crippen LogP) is 3.33. The highest BCUT2D eigenvalue weighted by atomic mass is 35.5. The minimum atomic E-state index is -0.539. The molecule has 1 unspecified atom stereocenters. The fourth-order valence-corrected chi connectivity index (χ4v) is 5.02. The molecule has 2 amide bonds. The minimum Gasteiger partial charge on any atom is -0.355 e. The van der Waals surface area contributed by atoms with Gasteiger partial charge in [-0.2, -0.15) is 0 Å². The molecule has 0 bridgehead atoms. The lowest BCUT2D eigenvalue weighted by atomic mass is 10.1. The number of anilines is 2. The van der Waals surface area contributed by atoms with E-state index in [0.717, 1.165) is 38.3 Å². The molecular formula is C29H33ClN6O3. The van der Waals surface area contributed by atoms with Gasteiger partial charge in [-0.25, -0.2) is 0 Å². The number of hydrogen-bond acceptors (Lipinski definition) is 7. The van der Waals surface area contributed by atoms with Crippen LogP contribution in [0.4, 0.5) is 11.4 Å². The monoisotopic (exact) mass is 548 g/mol. The van der Waals surface area contributed by atoms with Crippen molar-refractivity contribution >= 4 is 34.8 Å². The number of halogens is 1. The summed E-state index contributed by atoms with van der Waals surface area (Å²) < 4.78 is 5.93. The number of ether oxygens (including phenoxy) is 1. The summed E-state index contributed by atoms with van der Waals surface area (Å²) in [6.45, 7) is 6.60. The van der Waals surface area contributed by atoms with Gasteiger partial charge in [0.05, 0.1) is 17.2 Å². The van der Waals surface area contributed by atoms with Crippen molar-refractivity contribution < 1.29 is 14.3 Å². The number of nitrogens with zero attached hydrogens (tertiary/aromatic N) is 4. The summed E-state index contributed by atoms with van der Waals surface area (Å²) in [6, 6.07) is 16.2. The molecule has 2 aliphatic heterocycles. The fraction of sp³-hybridized carbons (Fsp3) is 0.345. The van der Waals surface area contributed by atoms with Crippen molar-refractivity contribution in [2.45, 2.75) is 12.8 Å². The summed E-state index contributed by atoms with van der Waals surface area (Å²) in [4.78, 5) is 37.3. The highest BCUT2D eigenvalue weighted by Gasteiger charge is 2.29. The maximum Gasteiger partial charge on any atom is 0.260 e. The summed E-state index contributed by atoms with van der Waals surface area (Å²) in [5, 5.41) is 6.55. The van der Waals surface area contributed by atoms with Crippen molar-refractivity contribution in [2.24, 2.45) is 0 Å². The van der Waals surface area contributed by atoms with E-state index in [0.29, 0.717) is 41.7 Å². The van der Waals surface area contributed by atoms with Gasteiger partial charge in [0, 0.05) is 75.1 Å². The van der Waals surface area contributed by atoms with Gasteiger partial charge in [0.2, 0.25) is 0 Å². The van der Waals surface area contributed by atoms with Crippen molar-refractivity contribution in [1.82, 2.24) is 20.1 Å². The number of rotatable bonds is 7. The zero-order valence-electron chi connectivity index (χ0n) is 22.0. The number of nitrogens with one attached hydrogen (secondary N) is 2. The first kappa shape index (κ1) is 27.2. The lowest BCUT2D eigenvalue weighted by molar-refractivity contribution is 0.0255. The van der Waals surface area contributed by atoms with E-state index in [-0.39, 0.29) is 17.4 Å². The van der Waals surface area contributed by atoms with Crippen LogP contribution in [0.15, 0.2) is 67.0 Å². The molecule has 2 saturated heterocycles. The number of carbonyl (C=O) groups is 2. The van der Waals surface area contributed by atoms with Crippen molar-refractivity contribution in [3.8, 4) is 0 Å². The molecule has 2 aromatic carbocycles. The van der Waals surface area contributed by atoms with E-state index >= 15 is 0 Å². The quantitative estimate of drug-likeness (QED) is 0.468. The number of aromatic nitrogens is 1. The molecule has 0 spiro atoms. The van der Waals surface area contributed by atoms with Crippen LogP contribution >= 0.6 is 11.6 Å². The van der Waals surface area contributed by atoms with Gasteiger partial charge in [-0.3, -0.25) is 24.4 Å². The molecule has 2 aliphatic rings. The molecule has 39 heavy (non-hydrogen) atoms. The van der Waals surface area contributed by atoms with Gasteiger partial charge in [-0.1, -0.05) is 23.7 Å². The molecule has 2 fully saturated rings. The number of morpholine rings is 1. The van der Waals surface area contributed by atoms with Crippen LogP contribution in [-0.2, 0) is 11.3 Å². The topological polar surface area (TPSA) is 90.0 Å². The van der Waals surface area contributed by atoms with E-state index in [4.69, 9.17) is 16.3 Å². The molecule has 1 atom stereocenters. The van der Waals surface area contributed by atoms with E-state index in [1.54, 1.807) is 47.6 Å².